The Morgan fingerprint density at radius 2 is 2.12 bits per heavy atom. The van der Waals surface area contributed by atoms with E-state index in [1.165, 1.54) is 11.0 Å². The van der Waals surface area contributed by atoms with Gasteiger partial charge in [-0.05, 0) is 32.4 Å². The number of nitrogens with zero attached hydrogens (tertiary/aromatic N) is 3. The van der Waals surface area contributed by atoms with E-state index >= 15 is 0 Å². The van der Waals surface area contributed by atoms with Crippen molar-refractivity contribution in [2.24, 2.45) is 0 Å². The highest BCUT2D eigenvalue weighted by atomic mass is 19.1. The lowest BCUT2D eigenvalue weighted by Crippen LogP contribution is -2.38. The van der Waals surface area contributed by atoms with E-state index in [-0.39, 0.29) is 24.4 Å². The largest absolute Gasteiger partial charge is 0.394 e. The highest BCUT2D eigenvalue weighted by Gasteiger charge is 2.33. The number of amides is 1. The van der Waals surface area contributed by atoms with Gasteiger partial charge in [0.05, 0.1) is 30.6 Å². The summed E-state index contributed by atoms with van der Waals surface area (Å²) >= 11 is 0. The molecular formula is C18H23FN4O2. The second-order valence-corrected chi connectivity index (χ2v) is 6.26. The topological polar surface area (TPSA) is 70.4 Å². The normalized spacial score (nSPS) is 17.5. The summed E-state index contributed by atoms with van der Waals surface area (Å²) < 4.78 is 15.7. The average molecular weight is 346 g/mol. The zero-order valence-electron chi connectivity index (χ0n) is 14.5. The summed E-state index contributed by atoms with van der Waals surface area (Å²) in [7, 11) is 0. The SMILES string of the molecule is Cc1nn(CCO)c(C)c1CNC1CCN(c2ccccc2F)C1=O. The van der Waals surface area contributed by atoms with Crippen molar-refractivity contribution in [2.75, 3.05) is 18.1 Å². The third kappa shape index (κ3) is 3.43. The molecule has 1 fully saturated rings. The third-order valence-corrected chi connectivity index (χ3v) is 4.72. The van der Waals surface area contributed by atoms with Crippen LogP contribution in [-0.2, 0) is 17.9 Å². The van der Waals surface area contributed by atoms with Crippen LogP contribution in [0.15, 0.2) is 24.3 Å². The van der Waals surface area contributed by atoms with Crippen molar-refractivity contribution in [3.8, 4) is 0 Å². The van der Waals surface area contributed by atoms with E-state index in [1.807, 2.05) is 13.8 Å². The van der Waals surface area contributed by atoms with Crippen molar-refractivity contribution in [3.63, 3.8) is 0 Å². The maximum Gasteiger partial charge on any atom is 0.244 e. The number of benzene rings is 1. The number of anilines is 1. The van der Waals surface area contributed by atoms with Crippen molar-refractivity contribution >= 4 is 11.6 Å². The molecule has 1 aromatic carbocycles. The van der Waals surface area contributed by atoms with Crippen LogP contribution in [0.5, 0.6) is 0 Å². The lowest BCUT2D eigenvalue weighted by molar-refractivity contribution is -0.118. The molecule has 134 valence electrons. The maximum atomic E-state index is 13.9. The number of para-hydroxylation sites is 1. The van der Waals surface area contributed by atoms with E-state index in [9.17, 15) is 9.18 Å². The third-order valence-electron chi connectivity index (χ3n) is 4.72. The van der Waals surface area contributed by atoms with Crippen molar-refractivity contribution in [1.82, 2.24) is 15.1 Å². The monoisotopic (exact) mass is 346 g/mol. The Balaban J connectivity index is 1.67. The number of carbonyl (C=O) groups excluding carboxylic acids is 1. The van der Waals surface area contributed by atoms with E-state index in [1.54, 1.807) is 22.9 Å². The van der Waals surface area contributed by atoms with Crippen LogP contribution in [0.1, 0.15) is 23.4 Å². The van der Waals surface area contributed by atoms with Gasteiger partial charge >= 0.3 is 0 Å². The van der Waals surface area contributed by atoms with Gasteiger partial charge in [0.25, 0.3) is 0 Å². The number of hydrogen-bond donors (Lipinski definition) is 2. The standard InChI is InChI=1S/C18H23FN4O2/c1-12-14(13(2)23(21-12)9-10-24)11-20-16-7-8-22(18(16)25)17-6-4-3-5-15(17)19/h3-6,16,20,24H,7-11H2,1-2H3. The van der Waals surface area contributed by atoms with Crippen molar-refractivity contribution < 1.29 is 14.3 Å². The Morgan fingerprint density at radius 1 is 1.36 bits per heavy atom. The predicted octanol–water partition coefficient (Wildman–Crippen LogP) is 1.53. The fourth-order valence-corrected chi connectivity index (χ4v) is 3.31. The minimum Gasteiger partial charge on any atom is -0.394 e. The molecule has 2 N–H and O–H groups in total. The molecule has 0 saturated carbocycles. The van der Waals surface area contributed by atoms with Crippen LogP contribution in [0.4, 0.5) is 10.1 Å². The van der Waals surface area contributed by atoms with Gasteiger partial charge in [0.2, 0.25) is 5.91 Å². The molecule has 0 aliphatic carbocycles. The van der Waals surface area contributed by atoms with Gasteiger partial charge in [0.15, 0.2) is 0 Å². The van der Waals surface area contributed by atoms with Crippen LogP contribution in [0.2, 0.25) is 0 Å². The second kappa shape index (κ2) is 7.33. The molecular weight excluding hydrogens is 323 g/mol. The van der Waals surface area contributed by atoms with E-state index in [2.05, 4.69) is 10.4 Å². The number of aliphatic hydroxyl groups excluding tert-OH is 1. The molecule has 2 aromatic rings. The van der Waals surface area contributed by atoms with Crippen molar-refractivity contribution in [2.45, 2.75) is 39.4 Å². The molecule has 1 aromatic heterocycles. The van der Waals surface area contributed by atoms with Crippen LogP contribution in [0.3, 0.4) is 0 Å². The summed E-state index contributed by atoms with van der Waals surface area (Å²) in [5.41, 5.74) is 3.23. The van der Waals surface area contributed by atoms with Crippen molar-refractivity contribution in [3.05, 3.63) is 47.0 Å². The lowest BCUT2D eigenvalue weighted by atomic mass is 10.1. The van der Waals surface area contributed by atoms with Gasteiger partial charge in [0.1, 0.15) is 5.82 Å². The van der Waals surface area contributed by atoms with Crippen LogP contribution in [0, 0.1) is 19.7 Å². The van der Waals surface area contributed by atoms with Gasteiger partial charge in [-0.3, -0.25) is 9.48 Å². The second-order valence-electron chi connectivity index (χ2n) is 6.26. The highest BCUT2D eigenvalue weighted by Crippen LogP contribution is 2.24. The quantitative estimate of drug-likeness (QED) is 0.832. The summed E-state index contributed by atoms with van der Waals surface area (Å²) in [6, 6.07) is 6.01. The maximum absolute atomic E-state index is 13.9. The number of hydrogen-bond acceptors (Lipinski definition) is 4. The van der Waals surface area contributed by atoms with E-state index < -0.39 is 0 Å². The molecule has 3 rings (SSSR count). The zero-order chi connectivity index (χ0) is 18.0. The van der Waals surface area contributed by atoms with Gasteiger partial charge in [-0.1, -0.05) is 12.1 Å². The number of rotatable bonds is 6. The first kappa shape index (κ1) is 17.6. The molecule has 1 unspecified atom stereocenters. The molecule has 1 aliphatic rings. The van der Waals surface area contributed by atoms with Gasteiger partial charge < -0.3 is 15.3 Å². The van der Waals surface area contributed by atoms with Gasteiger partial charge in [-0.25, -0.2) is 4.39 Å². The number of aromatic nitrogens is 2. The first-order chi connectivity index (χ1) is 12.0. The molecule has 6 nitrogen and oxygen atoms in total. The number of aliphatic hydroxyl groups is 1. The summed E-state index contributed by atoms with van der Waals surface area (Å²) in [4.78, 5) is 14.1. The minimum atomic E-state index is -0.381. The summed E-state index contributed by atoms with van der Waals surface area (Å²) in [6.45, 7) is 5.38. The van der Waals surface area contributed by atoms with Crippen LogP contribution < -0.4 is 10.2 Å². The molecule has 7 heteroatoms. The Bertz CT molecular complexity index is 774. The smallest absolute Gasteiger partial charge is 0.244 e. The molecule has 0 radical (unpaired) electrons. The number of aryl methyl sites for hydroxylation is 1. The molecule has 1 aliphatic heterocycles. The van der Waals surface area contributed by atoms with E-state index in [0.717, 1.165) is 17.0 Å². The Labute approximate surface area is 146 Å². The fourth-order valence-electron chi connectivity index (χ4n) is 3.31. The average Bonchev–Trinajstić information content (AvgIpc) is 3.07. The van der Waals surface area contributed by atoms with Gasteiger partial charge in [-0.2, -0.15) is 5.10 Å². The summed E-state index contributed by atoms with van der Waals surface area (Å²) in [6.07, 6.45) is 0.635. The van der Waals surface area contributed by atoms with Gasteiger partial charge in [-0.15, -0.1) is 0 Å². The molecule has 0 bridgehead atoms. The molecule has 2 heterocycles. The van der Waals surface area contributed by atoms with Crippen LogP contribution in [0.25, 0.3) is 0 Å². The predicted molar refractivity (Wildman–Crippen MR) is 92.8 cm³/mol. The minimum absolute atomic E-state index is 0.0353. The summed E-state index contributed by atoms with van der Waals surface area (Å²) in [5.74, 6) is -0.489. The molecule has 1 atom stereocenters. The highest BCUT2D eigenvalue weighted by molar-refractivity contribution is 5.99. The number of nitrogens with one attached hydrogen (secondary N) is 1. The Kier molecular flexibility index (Phi) is 5.15. The molecule has 0 spiro atoms. The van der Waals surface area contributed by atoms with Gasteiger partial charge in [0, 0.05) is 24.3 Å². The molecule has 25 heavy (non-hydrogen) atoms. The Hall–Kier alpha value is -2.25. The van der Waals surface area contributed by atoms with Crippen LogP contribution >= 0.6 is 0 Å². The lowest BCUT2D eigenvalue weighted by Gasteiger charge is -2.18. The first-order valence-electron chi connectivity index (χ1n) is 8.46. The first-order valence-corrected chi connectivity index (χ1v) is 8.46. The van der Waals surface area contributed by atoms with Crippen LogP contribution in [-0.4, -0.2) is 40.0 Å². The molecule has 1 amide bonds. The Morgan fingerprint density at radius 3 is 2.84 bits per heavy atom. The number of halogens is 1. The van der Waals surface area contributed by atoms with E-state index in [0.29, 0.717) is 31.7 Å². The molecule has 1 saturated heterocycles. The zero-order valence-corrected chi connectivity index (χ0v) is 14.5. The summed E-state index contributed by atoms with van der Waals surface area (Å²) in [5, 5.41) is 16.8. The number of carbonyl (C=O) groups is 1. The van der Waals surface area contributed by atoms with Crippen molar-refractivity contribution in [1.29, 1.82) is 0 Å². The van der Waals surface area contributed by atoms with E-state index in [4.69, 9.17) is 5.11 Å². The fraction of sp³-hybridized carbons (Fsp3) is 0.444.